The van der Waals surface area contributed by atoms with Crippen LogP contribution in [0.15, 0.2) is 91.1 Å². The summed E-state index contributed by atoms with van der Waals surface area (Å²) in [7, 11) is 0. The maximum absolute atomic E-state index is 13.7. The predicted molar refractivity (Wildman–Crippen MR) is 162 cm³/mol. The number of carbonyl (C=O) groups is 2. The molecule has 0 saturated heterocycles. The SMILES string of the molecule is O=C(O)CC(NC(=O)c1cccn2c(NCc3ccccc3)c(-c3ccc4ccccc4c3)nc12)C1CCCCC1. The lowest BCUT2D eigenvalue weighted by atomic mass is 9.82. The molecule has 0 spiro atoms. The van der Waals surface area contributed by atoms with Gasteiger partial charge in [-0.1, -0.05) is 86.0 Å². The van der Waals surface area contributed by atoms with Crippen molar-refractivity contribution >= 4 is 34.1 Å². The number of aromatic nitrogens is 2. The quantitative estimate of drug-likeness (QED) is 0.187. The number of amides is 1. The molecule has 0 aliphatic heterocycles. The smallest absolute Gasteiger partial charge is 0.305 e. The first-order valence-corrected chi connectivity index (χ1v) is 14.4. The second kappa shape index (κ2) is 11.8. The summed E-state index contributed by atoms with van der Waals surface area (Å²) in [6.07, 6.45) is 6.99. The number of hydrogen-bond acceptors (Lipinski definition) is 4. The van der Waals surface area contributed by atoms with Crippen molar-refractivity contribution in [2.24, 2.45) is 5.92 Å². The topological polar surface area (TPSA) is 95.7 Å². The van der Waals surface area contributed by atoms with Crippen LogP contribution in [0.1, 0.15) is 54.4 Å². The van der Waals surface area contributed by atoms with Gasteiger partial charge in [0.15, 0.2) is 5.65 Å². The van der Waals surface area contributed by atoms with Crippen LogP contribution in [0.5, 0.6) is 0 Å². The van der Waals surface area contributed by atoms with E-state index in [-0.39, 0.29) is 18.2 Å². The number of hydrogen-bond donors (Lipinski definition) is 3. The minimum absolute atomic E-state index is 0.0831. The summed E-state index contributed by atoms with van der Waals surface area (Å²) in [4.78, 5) is 30.4. The Hall–Kier alpha value is -4.65. The van der Waals surface area contributed by atoms with Crippen LogP contribution in [-0.4, -0.2) is 32.4 Å². The average Bonchev–Trinajstić information content (AvgIpc) is 3.39. The van der Waals surface area contributed by atoms with E-state index < -0.39 is 12.0 Å². The number of imidazole rings is 1. The number of pyridine rings is 1. The monoisotopic (exact) mass is 546 g/mol. The Morgan fingerprint density at radius 1 is 0.902 bits per heavy atom. The van der Waals surface area contributed by atoms with Crippen molar-refractivity contribution in [2.45, 2.75) is 51.1 Å². The fourth-order valence-corrected chi connectivity index (χ4v) is 6.04. The zero-order chi connectivity index (χ0) is 28.2. The number of benzene rings is 3. The van der Waals surface area contributed by atoms with Gasteiger partial charge in [-0.05, 0) is 53.3 Å². The Bertz CT molecular complexity index is 1690. The number of carbonyl (C=O) groups excluding carboxylic acids is 1. The van der Waals surface area contributed by atoms with Crippen LogP contribution in [0.2, 0.25) is 0 Å². The van der Waals surface area contributed by atoms with Gasteiger partial charge in [-0.25, -0.2) is 4.98 Å². The second-order valence-corrected chi connectivity index (χ2v) is 10.9. The van der Waals surface area contributed by atoms with Gasteiger partial charge in [0.05, 0.1) is 12.0 Å². The van der Waals surface area contributed by atoms with Crippen LogP contribution < -0.4 is 10.6 Å². The van der Waals surface area contributed by atoms with E-state index in [1.807, 2.05) is 47.0 Å². The van der Waals surface area contributed by atoms with E-state index in [9.17, 15) is 14.7 Å². The molecule has 0 bridgehead atoms. The van der Waals surface area contributed by atoms with Gasteiger partial charge in [-0.3, -0.25) is 14.0 Å². The lowest BCUT2D eigenvalue weighted by molar-refractivity contribution is -0.137. The van der Waals surface area contributed by atoms with E-state index in [4.69, 9.17) is 4.98 Å². The van der Waals surface area contributed by atoms with Crippen molar-refractivity contribution in [1.82, 2.24) is 14.7 Å². The van der Waals surface area contributed by atoms with Crippen LogP contribution in [0, 0.1) is 5.92 Å². The molecular weight excluding hydrogens is 512 g/mol. The normalized spacial score (nSPS) is 14.6. The summed E-state index contributed by atoms with van der Waals surface area (Å²) < 4.78 is 1.93. The van der Waals surface area contributed by atoms with Crippen molar-refractivity contribution < 1.29 is 14.7 Å². The largest absolute Gasteiger partial charge is 0.481 e. The van der Waals surface area contributed by atoms with Gasteiger partial charge in [0, 0.05) is 24.3 Å². The molecule has 2 heterocycles. The number of carboxylic acids is 1. The van der Waals surface area contributed by atoms with E-state index in [0.29, 0.717) is 17.8 Å². The Kier molecular flexibility index (Phi) is 7.67. The third-order valence-electron chi connectivity index (χ3n) is 8.15. The maximum Gasteiger partial charge on any atom is 0.305 e. The number of nitrogens with one attached hydrogen (secondary N) is 2. The number of nitrogens with zero attached hydrogens (tertiary/aromatic N) is 2. The average molecular weight is 547 g/mol. The fraction of sp³-hybridized carbons (Fsp3) is 0.265. The van der Waals surface area contributed by atoms with Crippen molar-refractivity contribution in [3.8, 4) is 11.3 Å². The van der Waals surface area contributed by atoms with Gasteiger partial charge in [-0.2, -0.15) is 0 Å². The molecule has 7 nitrogen and oxygen atoms in total. The first kappa shape index (κ1) is 26.6. The Balaban J connectivity index is 1.40. The number of rotatable bonds is 9. The van der Waals surface area contributed by atoms with Crippen LogP contribution >= 0.6 is 0 Å². The van der Waals surface area contributed by atoms with E-state index in [0.717, 1.165) is 65.5 Å². The molecule has 1 aliphatic carbocycles. The molecule has 3 N–H and O–H groups in total. The second-order valence-electron chi connectivity index (χ2n) is 10.9. The Morgan fingerprint density at radius 3 is 2.44 bits per heavy atom. The van der Waals surface area contributed by atoms with Crippen LogP contribution in [-0.2, 0) is 11.3 Å². The number of anilines is 1. The molecule has 3 aromatic carbocycles. The highest BCUT2D eigenvalue weighted by atomic mass is 16.4. The van der Waals surface area contributed by atoms with Gasteiger partial charge in [0.1, 0.15) is 11.5 Å². The van der Waals surface area contributed by atoms with Crippen LogP contribution in [0.3, 0.4) is 0 Å². The molecule has 1 saturated carbocycles. The highest BCUT2D eigenvalue weighted by Gasteiger charge is 2.29. The third kappa shape index (κ3) is 5.80. The number of fused-ring (bicyclic) bond motifs is 2. The maximum atomic E-state index is 13.7. The summed E-state index contributed by atoms with van der Waals surface area (Å²) in [5.41, 5.74) is 3.78. The van der Waals surface area contributed by atoms with Gasteiger partial charge in [0.2, 0.25) is 0 Å². The molecule has 7 heteroatoms. The zero-order valence-corrected chi connectivity index (χ0v) is 22.9. The molecule has 41 heavy (non-hydrogen) atoms. The standard InChI is InChI=1S/C34H34N4O3/c39-30(40)21-29(25-13-5-2-6-14-25)36-34(41)28-16-9-19-38-32(28)37-31(33(38)35-22-23-10-3-1-4-11-23)27-18-17-24-12-7-8-15-26(24)20-27/h1,3-4,7-12,15-20,25,29,35H,2,5-6,13-14,21-22H2,(H,36,41)(H,39,40). The molecule has 1 amide bonds. The third-order valence-corrected chi connectivity index (χ3v) is 8.15. The van der Waals surface area contributed by atoms with E-state index in [1.165, 1.54) is 0 Å². The van der Waals surface area contributed by atoms with Crippen molar-refractivity contribution in [1.29, 1.82) is 0 Å². The van der Waals surface area contributed by atoms with Crippen LogP contribution in [0.25, 0.3) is 27.7 Å². The van der Waals surface area contributed by atoms with Crippen molar-refractivity contribution in [2.75, 3.05) is 5.32 Å². The van der Waals surface area contributed by atoms with E-state index in [1.54, 1.807) is 6.07 Å². The lowest BCUT2D eigenvalue weighted by Crippen LogP contribution is -2.42. The first-order valence-electron chi connectivity index (χ1n) is 14.4. The van der Waals surface area contributed by atoms with Gasteiger partial charge < -0.3 is 15.7 Å². The molecular formula is C34H34N4O3. The van der Waals surface area contributed by atoms with Gasteiger partial charge in [-0.15, -0.1) is 0 Å². The number of aliphatic carboxylic acids is 1. The Labute approximate surface area is 239 Å². The molecule has 0 radical (unpaired) electrons. The minimum Gasteiger partial charge on any atom is -0.481 e. The van der Waals surface area contributed by atoms with Crippen molar-refractivity contribution in [3.05, 3.63) is 102 Å². The summed E-state index contributed by atoms with van der Waals surface area (Å²) in [6, 6.07) is 27.8. The molecule has 208 valence electrons. The molecule has 1 aliphatic rings. The molecule has 1 atom stereocenters. The summed E-state index contributed by atoms with van der Waals surface area (Å²) in [6.45, 7) is 0.591. The van der Waals surface area contributed by atoms with E-state index in [2.05, 4.69) is 53.1 Å². The summed E-state index contributed by atoms with van der Waals surface area (Å²) in [5, 5.41) is 18.5. The number of carboxylic acid groups (broad SMARTS) is 1. The molecule has 6 rings (SSSR count). The highest BCUT2D eigenvalue weighted by Crippen LogP contribution is 2.33. The summed E-state index contributed by atoms with van der Waals surface area (Å²) >= 11 is 0. The van der Waals surface area contributed by atoms with Crippen LogP contribution in [0.4, 0.5) is 5.82 Å². The molecule has 5 aromatic rings. The summed E-state index contributed by atoms with van der Waals surface area (Å²) in [5.74, 6) is -0.231. The van der Waals surface area contributed by atoms with Gasteiger partial charge in [0.25, 0.3) is 5.91 Å². The van der Waals surface area contributed by atoms with Crippen molar-refractivity contribution in [3.63, 3.8) is 0 Å². The molecule has 1 unspecified atom stereocenters. The molecule has 2 aromatic heterocycles. The Morgan fingerprint density at radius 2 is 1.66 bits per heavy atom. The zero-order valence-electron chi connectivity index (χ0n) is 22.9. The fourth-order valence-electron chi connectivity index (χ4n) is 6.04. The molecule has 1 fully saturated rings. The minimum atomic E-state index is -0.897. The highest BCUT2D eigenvalue weighted by molar-refractivity contribution is 6.01. The van der Waals surface area contributed by atoms with E-state index >= 15 is 0 Å². The van der Waals surface area contributed by atoms with Gasteiger partial charge >= 0.3 is 5.97 Å². The predicted octanol–water partition coefficient (Wildman–Crippen LogP) is 6.92. The first-order chi connectivity index (χ1) is 20.1. The lowest BCUT2D eigenvalue weighted by Gasteiger charge is -2.30.